The van der Waals surface area contributed by atoms with Gasteiger partial charge in [-0.2, -0.15) is 0 Å². The number of methoxy groups -OCH3 is 1. The SMILES string of the molecule is COCc1nnc2n1CCC(NC(=O)c1ccc(-c3ccc(C)o3)cc1)CC2. The summed E-state index contributed by atoms with van der Waals surface area (Å²) in [5.74, 6) is 3.43. The number of ether oxygens (including phenoxy) is 1. The Balaban J connectivity index is 1.38. The molecule has 7 heteroatoms. The Bertz CT molecular complexity index is 958. The van der Waals surface area contributed by atoms with Gasteiger partial charge in [0.2, 0.25) is 0 Å². The molecule has 2 aromatic heterocycles. The minimum absolute atomic E-state index is 0.0537. The van der Waals surface area contributed by atoms with Gasteiger partial charge in [-0.3, -0.25) is 4.79 Å². The first-order valence-corrected chi connectivity index (χ1v) is 9.51. The number of nitrogens with zero attached hydrogens (tertiary/aromatic N) is 3. The first-order valence-electron chi connectivity index (χ1n) is 9.51. The number of carbonyl (C=O) groups is 1. The molecule has 1 aliphatic heterocycles. The van der Waals surface area contributed by atoms with Gasteiger partial charge in [0.1, 0.15) is 24.0 Å². The van der Waals surface area contributed by atoms with Crippen LogP contribution in [0, 0.1) is 6.92 Å². The van der Waals surface area contributed by atoms with E-state index < -0.39 is 0 Å². The van der Waals surface area contributed by atoms with Crippen molar-refractivity contribution in [3.8, 4) is 11.3 Å². The van der Waals surface area contributed by atoms with Crippen molar-refractivity contribution in [1.82, 2.24) is 20.1 Å². The first-order chi connectivity index (χ1) is 13.6. The molecule has 0 spiro atoms. The maximum atomic E-state index is 12.7. The Labute approximate surface area is 163 Å². The molecule has 1 amide bonds. The highest BCUT2D eigenvalue weighted by Gasteiger charge is 2.22. The van der Waals surface area contributed by atoms with E-state index in [2.05, 4.69) is 20.1 Å². The summed E-state index contributed by atoms with van der Waals surface area (Å²) in [5, 5.41) is 11.6. The molecule has 4 rings (SSSR count). The zero-order chi connectivity index (χ0) is 19.5. The minimum Gasteiger partial charge on any atom is -0.461 e. The van der Waals surface area contributed by atoms with E-state index in [9.17, 15) is 4.79 Å². The molecule has 1 atom stereocenters. The van der Waals surface area contributed by atoms with Crippen LogP contribution in [0.2, 0.25) is 0 Å². The van der Waals surface area contributed by atoms with Gasteiger partial charge in [-0.1, -0.05) is 12.1 Å². The second-order valence-corrected chi connectivity index (χ2v) is 7.10. The molecule has 1 N–H and O–H groups in total. The zero-order valence-corrected chi connectivity index (χ0v) is 16.1. The molecule has 28 heavy (non-hydrogen) atoms. The Morgan fingerprint density at radius 1 is 1.21 bits per heavy atom. The molecular formula is C21H24N4O3. The highest BCUT2D eigenvalue weighted by molar-refractivity contribution is 5.94. The fourth-order valence-corrected chi connectivity index (χ4v) is 3.57. The topological polar surface area (TPSA) is 82.2 Å². The number of nitrogens with one attached hydrogen (secondary N) is 1. The van der Waals surface area contributed by atoms with Crippen LogP contribution >= 0.6 is 0 Å². The largest absolute Gasteiger partial charge is 0.461 e. The molecule has 146 valence electrons. The predicted molar refractivity (Wildman–Crippen MR) is 104 cm³/mol. The third kappa shape index (κ3) is 3.84. The van der Waals surface area contributed by atoms with Crippen LogP contribution in [0.4, 0.5) is 0 Å². The van der Waals surface area contributed by atoms with E-state index in [1.807, 2.05) is 43.3 Å². The van der Waals surface area contributed by atoms with Crippen molar-refractivity contribution in [2.24, 2.45) is 0 Å². The lowest BCUT2D eigenvalue weighted by molar-refractivity contribution is 0.0932. The van der Waals surface area contributed by atoms with Crippen molar-refractivity contribution in [1.29, 1.82) is 0 Å². The quantitative estimate of drug-likeness (QED) is 0.735. The maximum Gasteiger partial charge on any atom is 0.251 e. The smallest absolute Gasteiger partial charge is 0.251 e. The molecule has 1 aliphatic rings. The number of aromatic nitrogens is 3. The second kappa shape index (κ2) is 7.98. The van der Waals surface area contributed by atoms with Gasteiger partial charge in [-0.25, -0.2) is 0 Å². The van der Waals surface area contributed by atoms with Gasteiger partial charge in [0, 0.05) is 37.2 Å². The number of benzene rings is 1. The summed E-state index contributed by atoms with van der Waals surface area (Å²) in [6.07, 6.45) is 2.48. The summed E-state index contributed by atoms with van der Waals surface area (Å²) in [5.41, 5.74) is 1.61. The number of amides is 1. The van der Waals surface area contributed by atoms with E-state index >= 15 is 0 Å². The monoisotopic (exact) mass is 380 g/mol. The number of aryl methyl sites for hydroxylation is 2. The number of carbonyl (C=O) groups excluding carboxylic acids is 1. The van der Waals surface area contributed by atoms with Gasteiger partial charge in [-0.05, 0) is 44.0 Å². The summed E-state index contributed by atoms with van der Waals surface area (Å²) in [6.45, 7) is 3.15. The summed E-state index contributed by atoms with van der Waals surface area (Å²) in [4.78, 5) is 12.7. The Kier molecular flexibility index (Phi) is 5.25. The van der Waals surface area contributed by atoms with Gasteiger partial charge < -0.3 is 19.0 Å². The summed E-state index contributed by atoms with van der Waals surface area (Å²) < 4.78 is 12.9. The standard InChI is InChI=1S/C21H24N4O3/c1-14-3-9-18(28-14)15-4-6-16(7-5-15)21(26)22-17-8-10-19-23-24-20(13-27-2)25(19)12-11-17/h3-7,9,17H,8,10-13H2,1-2H3,(H,22,26). The predicted octanol–water partition coefficient (Wildman–Crippen LogP) is 3.13. The average molecular weight is 380 g/mol. The fraction of sp³-hybridized carbons (Fsp3) is 0.381. The molecule has 3 aromatic rings. The van der Waals surface area contributed by atoms with Gasteiger partial charge in [0.15, 0.2) is 5.82 Å². The second-order valence-electron chi connectivity index (χ2n) is 7.10. The van der Waals surface area contributed by atoms with E-state index in [0.29, 0.717) is 12.2 Å². The lowest BCUT2D eigenvalue weighted by Gasteiger charge is -2.16. The van der Waals surface area contributed by atoms with Crippen molar-refractivity contribution < 1.29 is 13.9 Å². The lowest BCUT2D eigenvalue weighted by Crippen LogP contribution is -2.35. The Morgan fingerprint density at radius 2 is 2.04 bits per heavy atom. The van der Waals surface area contributed by atoms with Crippen LogP contribution in [0.5, 0.6) is 0 Å². The van der Waals surface area contributed by atoms with Crippen molar-refractivity contribution in [3.63, 3.8) is 0 Å². The molecule has 0 saturated heterocycles. The van der Waals surface area contributed by atoms with Crippen LogP contribution in [0.15, 0.2) is 40.8 Å². The van der Waals surface area contributed by atoms with Crippen LogP contribution < -0.4 is 5.32 Å². The minimum atomic E-state index is -0.0537. The number of furan rings is 1. The lowest BCUT2D eigenvalue weighted by atomic mass is 10.1. The van der Waals surface area contributed by atoms with Crippen molar-refractivity contribution >= 4 is 5.91 Å². The van der Waals surface area contributed by atoms with E-state index in [1.54, 1.807) is 7.11 Å². The molecule has 0 saturated carbocycles. The molecule has 3 heterocycles. The number of hydrogen-bond acceptors (Lipinski definition) is 5. The maximum absolute atomic E-state index is 12.7. The van der Waals surface area contributed by atoms with E-state index in [0.717, 1.165) is 54.5 Å². The zero-order valence-electron chi connectivity index (χ0n) is 16.1. The molecule has 1 unspecified atom stereocenters. The molecule has 0 bridgehead atoms. The summed E-state index contributed by atoms with van der Waals surface area (Å²) in [6, 6.07) is 11.5. The summed E-state index contributed by atoms with van der Waals surface area (Å²) >= 11 is 0. The Hall–Kier alpha value is -2.93. The van der Waals surface area contributed by atoms with Crippen molar-refractivity contribution in [2.75, 3.05) is 7.11 Å². The van der Waals surface area contributed by atoms with E-state index in [4.69, 9.17) is 9.15 Å². The Morgan fingerprint density at radius 3 is 2.75 bits per heavy atom. The fourth-order valence-electron chi connectivity index (χ4n) is 3.57. The first kappa shape index (κ1) is 18.4. The molecule has 7 nitrogen and oxygen atoms in total. The van der Waals surface area contributed by atoms with Gasteiger partial charge in [0.05, 0.1) is 0 Å². The molecule has 0 aliphatic carbocycles. The molecule has 0 fully saturated rings. The summed E-state index contributed by atoms with van der Waals surface area (Å²) in [7, 11) is 1.65. The highest BCUT2D eigenvalue weighted by Crippen LogP contribution is 2.22. The molecular weight excluding hydrogens is 356 g/mol. The van der Waals surface area contributed by atoms with Crippen LogP contribution in [0.3, 0.4) is 0 Å². The van der Waals surface area contributed by atoms with Crippen LogP contribution in [0.25, 0.3) is 11.3 Å². The van der Waals surface area contributed by atoms with Gasteiger partial charge >= 0.3 is 0 Å². The third-order valence-electron chi connectivity index (χ3n) is 5.10. The van der Waals surface area contributed by atoms with Crippen molar-refractivity contribution in [2.45, 2.75) is 45.4 Å². The number of hydrogen-bond donors (Lipinski definition) is 1. The van der Waals surface area contributed by atoms with Crippen molar-refractivity contribution in [3.05, 3.63) is 59.4 Å². The number of fused-ring (bicyclic) bond motifs is 1. The van der Waals surface area contributed by atoms with E-state index in [-0.39, 0.29) is 11.9 Å². The van der Waals surface area contributed by atoms with Gasteiger partial charge in [0.25, 0.3) is 5.91 Å². The normalized spacial score (nSPS) is 16.4. The molecule has 1 aromatic carbocycles. The third-order valence-corrected chi connectivity index (χ3v) is 5.10. The average Bonchev–Trinajstić information content (AvgIpc) is 3.25. The van der Waals surface area contributed by atoms with Crippen LogP contribution in [-0.2, 0) is 24.3 Å². The van der Waals surface area contributed by atoms with E-state index in [1.165, 1.54) is 0 Å². The number of rotatable bonds is 5. The van der Waals surface area contributed by atoms with Crippen LogP contribution in [-0.4, -0.2) is 33.8 Å². The van der Waals surface area contributed by atoms with Crippen LogP contribution in [0.1, 0.15) is 40.6 Å². The van der Waals surface area contributed by atoms with Gasteiger partial charge in [-0.15, -0.1) is 10.2 Å². The molecule has 0 radical (unpaired) electrons. The highest BCUT2D eigenvalue weighted by atomic mass is 16.5.